The zero-order chi connectivity index (χ0) is 30.8. The first-order valence-electron chi connectivity index (χ1n) is 16.6. The topological polar surface area (TPSA) is 68.7 Å². The van der Waals surface area contributed by atoms with E-state index in [9.17, 15) is 18.0 Å². The summed E-state index contributed by atoms with van der Waals surface area (Å²) in [7, 11) is 0. The van der Waals surface area contributed by atoms with Crippen LogP contribution in [0.5, 0.6) is 0 Å². The van der Waals surface area contributed by atoms with Gasteiger partial charge < -0.3 is 20.2 Å². The third-order valence-electron chi connectivity index (χ3n) is 9.21. The number of piperidine rings is 2. The molecule has 1 saturated carbocycles. The van der Waals surface area contributed by atoms with Crippen LogP contribution in [0.4, 0.5) is 18.9 Å². The van der Waals surface area contributed by atoms with Gasteiger partial charge >= 0.3 is 12.1 Å². The first kappa shape index (κ1) is 33.5. The number of alkyl halides is 3. The molecule has 2 saturated heterocycles. The van der Waals surface area contributed by atoms with Crippen LogP contribution in [0.2, 0.25) is 0 Å². The van der Waals surface area contributed by atoms with Gasteiger partial charge in [-0.1, -0.05) is 52.4 Å². The molecule has 2 N–H and O–H groups in total. The lowest BCUT2D eigenvalue weighted by atomic mass is 9.94. The molecule has 0 bridgehead atoms. The van der Waals surface area contributed by atoms with Crippen LogP contribution in [0, 0.1) is 11.8 Å². The first-order chi connectivity index (χ1) is 20.7. The Kier molecular flexibility index (Phi) is 12.5. The number of nitrogens with zero attached hydrogens (tertiary/aromatic N) is 3. The summed E-state index contributed by atoms with van der Waals surface area (Å²) in [6, 6.07) is 7.45. The molecule has 1 aliphatic carbocycles. The minimum Gasteiger partial charge on any atom is -0.481 e. The lowest BCUT2D eigenvalue weighted by molar-refractivity contribution is -0.143. The summed E-state index contributed by atoms with van der Waals surface area (Å²) in [6.45, 7) is 9.14. The minimum absolute atomic E-state index is 0.0401. The third kappa shape index (κ3) is 10.1. The molecule has 0 unspecified atom stereocenters. The van der Waals surface area contributed by atoms with E-state index in [2.05, 4.69) is 33.9 Å². The van der Waals surface area contributed by atoms with Crippen LogP contribution in [0.15, 0.2) is 30.5 Å². The van der Waals surface area contributed by atoms with Crippen LogP contribution in [0.25, 0.3) is 10.9 Å². The van der Waals surface area contributed by atoms with Crippen molar-refractivity contribution < 1.29 is 23.1 Å². The van der Waals surface area contributed by atoms with Crippen molar-refractivity contribution >= 4 is 22.6 Å². The summed E-state index contributed by atoms with van der Waals surface area (Å²) < 4.78 is 40.3. The molecule has 3 heterocycles. The number of nitrogens with one attached hydrogen (secondary N) is 1. The summed E-state index contributed by atoms with van der Waals surface area (Å²) in [4.78, 5) is 19.4. The van der Waals surface area contributed by atoms with E-state index in [1.807, 2.05) is 0 Å². The van der Waals surface area contributed by atoms with Crippen molar-refractivity contribution in [2.24, 2.45) is 11.8 Å². The molecular weight excluding hydrogens is 553 g/mol. The number of hydrogen-bond acceptors (Lipinski definition) is 5. The molecule has 3 fully saturated rings. The summed E-state index contributed by atoms with van der Waals surface area (Å²) >= 11 is 0. The molecule has 0 radical (unpaired) electrons. The first-order valence-corrected chi connectivity index (χ1v) is 16.6. The smallest absolute Gasteiger partial charge is 0.418 e. The van der Waals surface area contributed by atoms with Crippen LogP contribution in [-0.2, 0) is 11.0 Å². The van der Waals surface area contributed by atoms with E-state index in [4.69, 9.17) is 5.11 Å². The molecule has 1 aromatic carbocycles. The molecule has 0 amide bonds. The van der Waals surface area contributed by atoms with Gasteiger partial charge in [-0.2, -0.15) is 13.2 Å². The number of aromatic nitrogens is 1. The minimum atomic E-state index is -4.40. The number of benzene rings is 1. The highest BCUT2D eigenvalue weighted by Gasteiger charge is 2.35. The second kappa shape index (κ2) is 16.1. The number of rotatable bonds is 12. The molecule has 240 valence electrons. The number of carbonyl (C=O) groups is 1. The van der Waals surface area contributed by atoms with E-state index in [1.54, 1.807) is 18.2 Å². The van der Waals surface area contributed by atoms with Crippen LogP contribution in [0.3, 0.4) is 0 Å². The van der Waals surface area contributed by atoms with Gasteiger partial charge in [0.25, 0.3) is 0 Å². The van der Waals surface area contributed by atoms with Crippen LogP contribution in [-0.4, -0.2) is 65.8 Å². The molecule has 9 heteroatoms. The predicted molar refractivity (Wildman–Crippen MR) is 167 cm³/mol. The molecule has 2 aromatic rings. The Hall–Kier alpha value is -2.39. The lowest BCUT2D eigenvalue weighted by Gasteiger charge is -2.39. The zero-order valence-electron chi connectivity index (χ0n) is 26.0. The summed E-state index contributed by atoms with van der Waals surface area (Å²) in [6.07, 6.45) is 11.5. The van der Waals surface area contributed by atoms with Gasteiger partial charge in [-0.05, 0) is 88.3 Å². The number of pyridine rings is 1. The van der Waals surface area contributed by atoms with E-state index in [0.29, 0.717) is 17.3 Å². The Balaban J connectivity index is 0.000000292. The van der Waals surface area contributed by atoms with Gasteiger partial charge in [-0.25, -0.2) is 0 Å². The highest BCUT2D eigenvalue weighted by Crippen LogP contribution is 2.38. The molecule has 2 aliphatic heterocycles. The van der Waals surface area contributed by atoms with Gasteiger partial charge in [0.2, 0.25) is 0 Å². The van der Waals surface area contributed by atoms with E-state index in [0.717, 1.165) is 63.7 Å². The Morgan fingerprint density at radius 3 is 2.35 bits per heavy atom. The van der Waals surface area contributed by atoms with Gasteiger partial charge in [0.05, 0.1) is 17.0 Å². The molecule has 0 spiro atoms. The fourth-order valence-corrected chi connectivity index (χ4v) is 6.70. The normalized spacial score (nSPS) is 21.9. The van der Waals surface area contributed by atoms with Crippen molar-refractivity contribution in [1.82, 2.24) is 15.2 Å². The summed E-state index contributed by atoms with van der Waals surface area (Å²) in [5.74, 6) is -0.195. The molecular formula is C34H51F3N4O2. The molecule has 2 atom stereocenters. The van der Waals surface area contributed by atoms with Gasteiger partial charge in [0.1, 0.15) is 0 Å². The number of carboxylic acids is 1. The fourth-order valence-electron chi connectivity index (χ4n) is 6.70. The number of hydrogen-bond donors (Lipinski definition) is 2. The number of fused-ring (bicyclic) bond motifs is 1. The van der Waals surface area contributed by atoms with Crippen molar-refractivity contribution in [3.8, 4) is 0 Å². The van der Waals surface area contributed by atoms with Gasteiger partial charge in [-0.3, -0.25) is 9.78 Å². The Bertz CT molecular complexity index is 1150. The number of aliphatic carboxylic acids is 1. The Morgan fingerprint density at radius 2 is 1.70 bits per heavy atom. The van der Waals surface area contributed by atoms with E-state index in [1.165, 1.54) is 70.1 Å². The fraction of sp³-hybridized carbons (Fsp3) is 0.706. The zero-order valence-corrected chi connectivity index (χ0v) is 26.0. The maximum Gasteiger partial charge on any atom is 0.418 e. The standard InChI is InChI=1S/C25H36F3N3.C9H15NO2/c1-3-4-5-6-7-8-9-14-29-20-16-19(2)17-31(18-20)23-13-12-22(25(26,27)28)24-21(23)11-10-15-30-24;11-9(12)7-3-5-10(6-4-7)8-1-2-8/h10-13,15,19-20,29H,3-9,14,16-18H2,1-2H3;7-8H,1-6H2,(H,11,12)/t19-,20+;/m0./s1. The molecule has 1 aromatic heterocycles. The lowest BCUT2D eigenvalue weighted by Crippen LogP contribution is -2.49. The van der Waals surface area contributed by atoms with Crippen molar-refractivity contribution in [2.75, 3.05) is 37.6 Å². The number of likely N-dealkylation sites (tertiary alicyclic amines) is 1. The summed E-state index contributed by atoms with van der Waals surface area (Å²) in [5, 5.41) is 13.0. The van der Waals surface area contributed by atoms with Crippen molar-refractivity contribution in [3.63, 3.8) is 0 Å². The average Bonchev–Trinajstić information content (AvgIpc) is 3.83. The molecule has 6 nitrogen and oxygen atoms in total. The molecule has 3 aliphatic rings. The largest absolute Gasteiger partial charge is 0.481 e. The van der Waals surface area contributed by atoms with Crippen molar-refractivity contribution in [1.29, 1.82) is 0 Å². The van der Waals surface area contributed by atoms with Gasteiger partial charge in [0, 0.05) is 42.4 Å². The highest BCUT2D eigenvalue weighted by atomic mass is 19.4. The van der Waals surface area contributed by atoms with E-state index >= 15 is 0 Å². The maximum atomic E-state index is 13.4. The van der Waals surface area contributed by atoms with Gasteiger partial charge in [-0.15, -0.1) is 0 Å². The van der Waals surface area contributed by atoms with Crippen LogP contribution < -0.4 is 10.2 Å². The quantitative estimate of drug-likeness (QED) is 0.242. The third-order valence-corrected chi connectivity index (χ3v) is 9.21. The van der Waals surface area contributed by atoms with E-state index in [-0.39, 0.29) is 11.4 Å². The Labute approximate surface area is 255 Å². The SMILES string of the molecule is CCCCCCCCCN[C@@H]1C[C@H](C)CN(c2ccc(C(F)(F)F)c3ncccc23)C1.O=C(O)C1CCN(C2CC2)CC1. The van der Waals surface area contributed by atoms with Crippen molar-refractivity contribution in [2.45, 2.75) is 109 Å². The summed E-state index contributed by atoms with van der Waals surface area (Å²) in [5.41, 5.74) is 0.231. The van der Waals surface area contributed by atoms with E-state index < -0.39 is 17.7 Å². The van der Waals surface area contributed by atoms with Crippen LogP contribution >= 0.6 is 0 Å². The predicted octanol–water partition coefficient (Wildman–Crippen LogP) is 7.75. The van der Waals surface area contributed by atoms with Crippen molar-refractivity contribution in [3.05, 3.63) is 36.0 Å². The Morgan fingerprint density at radius 1 is 1.00 bits per heavy atom. The highest BCUT2D eigenvalue weighted by molar-refractivity contribution is 5.94. The molecule has 5 rings (SSSR count). The second-order valence-electron chi connectivity index (χ2n) is 12.9. The second-order valence-corrected chi connectivity index (χ2v) is 12.9. The van der Waals surface area contributed by atoms with Gasteiger partial charge in [0.15, 0.2) is 0 Å². The maximum absolute atomic E-state index is 13.4. The number of anilines is 1. The van der Waals surface area contributed by atoms with Crippen LogP contribution in [0.1, 0.15) is 96.5 Å². The number of unbranched alkanes of at least 4 members (excludes halogenated alkanes) is 6. The number of carboxylic acid groups (broad SMARTS) is 1. The number of halogens is 3. The molecule has 43 heavy (non-hydrogen) atoms. The monoisotopic (exact) mass is 604 g/mol. The average molecular weight is 605 g/mol.